The molecule has 25 heavy (non-hydrogen) atoms. The molecule has 3 aromatic carbocycles. The average molecular weight is 330 g/mol. The smallest absolute Gasteiger partial charge is 0.120 e. The molecular weight excluding hydrogens is 308 g/mol. The fourth-order valence-corrected chi connectivity index (χ4v) is 3.88. The van der Waals surface area contributed by atoms with Crippen molar-refractivity contribution in [2.45, 2.75) is 20.8 Å². The number of aromatic amines is 1. The molecule has 4 aromatic rings. The number of aromatic nitrogens is 1. The lowest BCUT2D eigenvalue weighted by molar-refractivity contribution is 0.415. The maximum absolute atomic E-state index is 6.27. The number of rotatable bonds is 2. The van der Waals surface area contributed by atoms with E-state index in [0.29, 0.717) is 0 Å². The zero-order valence-electron chi connectivity index (χ0n) is 15.0. The van der Waals surface area contributed by atoms with Gasteiger partial charge in [-0.15, -0.1) is 0 Å². The van der Waals surface area contributed by atoms with E-state index in [9.17, 15) is 0 Å². The minimum atomic E-state index is 0.810. The molecule has 0 spiro atoms. The van der Waals surface area contributed by atoms with E-state index in [2.05, 4.69) is 44.0 Å². The van der Waals surface area contributed by atoms with Crippen molar-refractivity contribution in [1.82, 2.24) is 4.98 Å². The van der Waals surface area contributed by atoms with Gasteiger partial charge < -0.3 is 15.5 Å². The number of nitrogens with one attached hydrogen (secondary N) is 1. The standard InChI is InChI=1S/C22H22N2O/c1-12-13(2)21-17-10-9-15(25-4)11-19(17)24-22(21)14(3)20(12)16-7-5-6-8-18(16)23/h5-11,24H,23H2,1-4H3. The van der Waals surface area contributed by atoms with Crippen molar-refractivity contribution in [2.75, 3.05) is 12.8 Å². The first-order chi connectivity index (χ1) is 12.0. The summed E-state index contributed by atoms with van der Waals surface area (Å²) in [7, 11) is 1.70. The third-order valence-electron chi connectivity index (χ3n) is 5.30. The predicted molar refractivity (Wildman–Crippen MR) is 106 cm³/mol. The van der Waals surface area contributed by atoms with Gasteiger partial charge in [-0.05, 0) is 61.2 Å². The van der Waals surface area contributed by atoms with Crippen LogP contribution in [0.2, 0.25) is 0 Å². The van der Waals surface area contributed by atoms with Crippen molar-refractivity contribution >= 4 is 27.5 Å². The third kappa shape index (κ3) is 2.19. The number of aryl methyl sites for hydroxylation is 2. The Hall–Kier alpha value is -2.94. The molecule has 0 saturated heterocycles. The van der Waals surface area contributed by atoms with E-state index < -0.39 is 0 Å². The highest BCUT2D eigenvalue weighted by Gasteiger charge is 2.18. The Morgan fingerprint density at radius 2 is 1.68 bits per heavy atom. The fourth-order valence-electron chi connectivity index (χ4n) is 3.88. The Kier molecular flexibility index (Phi) is 3.46. The maximum Gasteiger partial charge on any atom is 0.120 e. The van der Waals surface area contributed by atoms with Crippen LogP contribution in [0.3, 0.4) is 0 Å². The van der Waals surface area contributed by atoms with E-state index in [4.69, 9.17) is 10.5 Å². The third-order valence-corrected chi connectivity index (χ3v) is 5.30. The molecule has 0 aliphatic heterocycles. The minimum Gasteiger partial charge on any atom is -0.497 e. The van der Waals surface area contributed by atoms with Gasteiger partial charge in [0.15, 0.2) is 0 Å². The van der Waals surface area contributed by atoms with Crippen molar-refractivity contribution in [1.29, 1.82) is 0 Å². The first-order valence-corrected chi connectivity index (χ1v) is 8.47. The minimum absolute atomic E-state index is 0.810. The van der Waals surface area contributed by atoms with E-state index >= 15 is 0 Å². The summed E-state index contributed by atoms with van der Waals surface area (Å²) in [6.07, 6.45) is 0. The van der Waals surface area contributed by atoms with Crippen LogP contribution in [-0.4, -0.2) is 12.1 Å². The van der Waals surface area contributed by atoms with Gasteiger partial charge in [-0.2, -0.15) is 0 Å². The molecule has 0 bridgehead atoms. The Morgan fingerprint density at radius 1 is 0.920 bits per heavy atom. The summed E-state index contributed by atoms with van der Waals surface area (Å²) in [6.45, 7) is 6.55. The topological polar surface area (TPSA) is 51.0 Å². The molecule has 1 aromatic heterocycles. The number of hydrogen-bond acceptors (Lipinski definition) is 2. The Labute approximate surface area is 147 Å². The zero-order valence-corrected chi connectivity index (χ0v) is 15.0. The second-order valence-corrected chi connectivity index (χ2v) is 6.62. The van der Waals surface area contributed by atoms with Crippen LogP contribution in [-0.2, 0) is 0 Å². The number of nitrogens with two attached hydrogens (primary N) is 1. The van der Waals surface area contributed by atoms with Crippen LogP contribution < -0.4 is 10.5 Å². The van der Waals surface area contributed by atoms with Crippen molar-refractivity contribution in [2.24, 2.45) is 0 Å². The van der Waals surface area contributed by atoms with Crippen molar-refractivity contribution < 1.29 is 4.74 Å². The summed E-state index contributed by atoms with van der Waals surface area (Å²) >= 11 is 0. The molecule has 0 radical (unpaired) electrons. The van der Waals surface area contributed by atoms with Crippen molar-refractivity contribution in [3.63, 3.8) is 0 Å². The van der Waals surface area contributed by atoms with Crippen LogP contribution in [0, 0.1) is 20.8 Å². The van der Waals surface area contributed by atoms with Crippen LogP contribution >= 0.6 is 0 Å². The van der Waals surface area contributed by atoms with Gasteiger partial charge >= 0.3 is 0 Å². The van der Waals surface area contributed by atoms with Crippen molar-refractivity contribution in [3.8, 4) is 16.9 Å². The number of H-pyrrole nitrogens is 1. The maximum atomic E-state index is 6.27. The van der Waals surface area contributed by atoms with E-state index in [1.54, 1.807) is 7.11 Å². The van der Waals surface area contributed by atoms with E-state index in [0.717, 1.165) is 22.5 Å². The summed E-state index contributed by atoms with van der Waals surface area (Å²) in [5, 5.41) is 2.51. The molecule has 1 heterocycles. The van der Waals surface area contributed by atoms with Crippen LogP contribution in [0.15, 0.2) is 42.5 Å². The molecule has 126 valence electrons. The number of methoxy groups -OCH3 is 1. The molecule has 3 nitrogen and oxygen atoms in total. The number of ether oxygens (including phenoxy) is 1. The van der Waals surface area contributed by atoms with E-state index in [1.165, 1.54) is 38.5 Å². The number of benzene rings is 3. The summed E-state index contributed by atoms with van der Waals surface area (Å²) in [5.74, 6) is 0.860. The molecule has 0 fully saturated rings. The molecule has 3 N–H and O–H groups in total. The molecule has 0 aliphatic carbocycles. The SMILES string of the molecule is COc1ccc2c(c1)[nH]c1c(C)c(-c3ccccc3N)c(C)c(C)c12. The van der Waals surface area contributed by atoms with Gasteiger partial charge in [0, 0.05) is 28.1 Å². The summed E-state index contributed by atoms with van der Waals surface area (Å²) in [5.41, 5.74) is 15.5. The second-order valence-electron chi connectivity index (χ2n) is 6.62. The van der Waals surface area contributed by atoms with Gasteiger partial charge in [-0.1, -0.05) is 18.2 Å². The molecular formula is C22H22N2O. The number of para-hydroxylation sites is 1. The van der Waals surface area contributed by atoms with Crippen LogP contribution in [0.5, 0.6) is 5.75 Å². The number of anilines is 1. The first kappa shape index (κ1) is 15.6. The van der Waals surface area contributed by atoms with Gasteiger partial charge in [-0.3, -0.25) is 0 Å². The highest BCUT2D eigenvalue weighted by atomic mass is 16.5. The zero-order chi connectivity index (χ0) is 17.7. The molecule has 0 saturated carbocycles. The highest BCUT2D eigenvalue weighted by Crippen LogP contribution is 2.41. The van der Waals surface area contributed by atoms with Gasteiger partial charge in [0.05, 0.1) is 18.1 Å². The summed E-state index contributed by atoms with van der Waals surface area (Å²) < 4.78 is 5.37. The molecule has 0 aliphatic rings. The lowest BCUT2D eigenvalue weighted by Gasteiger charge is -2.16. The number of fused-ring (bicyclic) bond motifs is 3. The van der Waals surface area contributed by atoms with Gasteiger partial charge in [0.2, 0.25) is 0 Å². The van der Waals surface area contributed by atoms with Crippen LogP contribution in [0.4, 0.5) is 5.69 Å². The van der Waals surface area contributed by atoms with Gasteiger partial charge in [-0.25, -0.2) is 0 Å². The van der Waals surface area contributed by atoms with Crippen LogP contribution in [0.25, 0.3) is 32.9 Å². The van der Waals surface area contributed by atoms with E-state index in [-0.39, 0.29) is 0 Å². The fraction of sp³-hybridized carbons (Fsp3) is 0.182. The lowest BCUT2D eigenvalue weighted by Crippen LogP contribution is -1.97. The largest absolute Gasteiger partial charge is 0.497 e. The normalized spacial score (nSPS) is 11.4. The molecule has 0 unspecified atom stereocenters. The monoisotopic (exact) mass is 330 g/mol. The molecule has 0 amide bonds. The molecule has 3 heteroatoms. The Balaban J connectivity index is 2.14. The summed E-state index contributed by atoms with van der Waals surface area (Å²) in [4.78, 5) is 3.60. The lowest BCUT2D eigenvalue weighted by atomic mass is 9.88. The number of hydrogen-bond donors (Lipinski definition) is 2. The first-order valence-electron chi connectivity index (χ1n) is 8.47. The van der Waals surface area contributed by atoms with Crippen molar-refractivity contribution in [3.05, 3.63) is 59.2 Å². The average Bonchev–Trinajstić information content (AvgIpc) is 3.00. The Bertz CT molecular complexity index is 1120. The second kappa shape index (κ2) is 5.55. The van der Waals surface area contributed by atoms with Gasteiger partial charge in [0.1, 0.15) is 5.75 Å². The summed E-state index contributed by atoms with van der Waals surface area (Å²) in [6, 6.07) is 14.3. The predicted octanol–water partition coefficient (Wildman–Crippen LogP) is 5.50. The molecule has 4 rings (SSSR count). The van der Waals surface area contributed by atoms with Crippen LogP contribution in [0.1, 0.15) is 16.7 Å². The van der Waals surface area contributed by atoms with E-state index in [1.807, 2.05) is 24.3 Å². The Morgan fingerprint density at radius 3 is 2.40 bits per heavy atom. The number of nitrogen functional groups attached to an aromatic ring is 1. The highest BCUT2D eigenvalue weighted by molar-refractivity contribution is 6.12. The van der Waals surface area contributed by atoms with Gasteiger partial charge in [0.25, 0.3) is 0 Å². The quantitative estimate of drug-likeness (QED) is 0.477. The molecule has 0 atom stereocenters.